The zero-order valence-corrected chi connectivity index (χ0v) is 22.2. The van der Waals surface area contributed by atoms with E-state index in [0.29, 0.717) is 5.69 Å². The van der Waals surface area contributed by atoms with Gasteiger partial charge in [-0.2, -0.15) is 0 Å². The minimum absolute atomic E-state index is 0.0479. The number of amides is 2. The fourth-order valence-electron chi connectivity index (χ4n) is 3.64. The van der Waals surface area contributed by atoms with Gasteiger partial charge in [-0.3, -0.25) is 13.9 Å². The van der Waals surface area contributed by atoms with Gasteiger partial charge in [0, 0.05) is 25.0 Å². The number of aryl methyl sites for hydroxylation is 1. The van der Waals surface area contributed by atoms with Gasteiger partial charge in [0.05, 0.1) is 11.9 Å². The Morgan fingerprint density at radius 1 is 1.06 bits per heavy atom. The van der Waals surface area contributed by atoms with E-state index in [1.807, 2.05) is 52.0 Å². The molecular weight excluding hydrogens is 469 g/mol. The van der Waals surface area contributed by atoms with E-state index in [1.165, 1.54) is 29.2 Å². The molecule has 2 amide bonds. The Balaban J connectivity index is 2.19. The third-order valence-electron chi connectivity index (χ3n) is 5.53. The topological polar surface area (TPSA) is 86.8 Å². The molecule has 0 aromatic heterocycles. The van der Waals surface area contributed by atoms with Crippen LogP contribution >= 0.6 is 0 Å². The van der Waals surface area contributed by atoms with E-state index in [4.69, 9.17) is 0 Å². The number of carbonyl (C=O) groups excluding carboxylic acids is 2. The van der Waals surface area contributed by atoms with Crippen molar-refractivity contribution in [3.63, 3.8) is 0 Å². The molecule has 0 heterocycles. The standard InChI is InChI=1S/C26H36FN3O4S/c1-19-10-7-8-11-21(19)18-29(20(2)25(32)28-26(3,4)5)24(31)12-9-17-30(35(6,33)34)23-15-13-22(27)14-16-23/h7-8,10-11,13-16,20H,9,12,17-18H2,1-6H3,(H,28,32)/t20-/m1/s1. The van der Waals surface area contributed by atoms with Crippen LogP contribution in [-0.2, 0) is 26.2 Å². The van der Waals surface area contributed by atoms with Crippen LogP contribution in [0.15, 0.2) is 48.5 Å². The number of rotatable bonds is 10. The SMILES string of the molecule is Cc1ccccc1CN(C(=O)CCCN(c1ccc(F)cc1)S(C)(=O)=O)[C@H](C)C(=O)NC(C)(C)C. The lowest BCUT2D eigenvalue weighted by Gasteiger charge is -2.32. The minimum Gasteiger partial charge on any atom is -0.350 e. The Labute approximate surface area is 208 Å². The van der Waals surface area contributed by atoms with Crippen LogP contribution in [0.2, 0.25) is 0 Å². The van der Waals surface area contributed by atoms with E-state index in [2.05, 4.69) is 5.32 Å². The molecule has 2 aromatic rings. The van der Waals surface area contributed by atoms with Crippen LogP contribution in [0.25, 0.3) is 0 Å². The van der Waals surface area contributed by atoms with E-state index >= 15 is 0 Å². The van der Waals surface area contributed by atoms with Crippen LogP contribution in [0.5, 0.6) is 0 Å². The number of nitrogens with zero attached hydrogens (tertiary/aromatic N) is 2. The molecule has 0 saturated heterocycles. The number of nitrogens with one attached hydrogen (secondary N) is 1. The molecule has 9 heteroatoms. The van der Waals surface area contributed by atoms with Crippen LogP contribution in [0.1, 0.15) is 51.7 Å². The molecule has 1 N–H and O–H groups in total. The number of anilines is 1. The fourth-order valence-corrected chi connectivity index (χ4v) is 4.60. The molecule has 0 bridgehead atoms. The van der Waals surface area contributed by atoms with Gasteiger partial charge in [-0.05, 0) is 76.4 Å². The maximum atomic E-state index is 13.3. The summed E-state index contributed by atoms with van der Waals surface area (Å²) >= 11 is 0. The van der Waals surface area contributed by atoms with Crippen molar-refractivity contribution in [3.05, 3.63) is 65.5 Å². The normalized spacial score (nSPS) is 12.7. The molecule has 35 heavy (non-hydrogen) atoms. The van der Waals surface area contributed by atoms with Gasteiger partial charge in [-0.15, -0.1) is 0 Å². The lowest BCUT2D eigenvalue weighted by Crippen LogP contribution is -2.52. The molecule has 0 aliphatic heterocycles. The quantitative estimate of drug-likeness (QED) is 0.529. The zero-order valence-electron chi connectivity index (χ0n) is 21.3. The first-order valence-electron chi connectivity index (χ1n) is 11.6. The summed E-state index contributed by atoms with van der Waals surface area (Å²) in [6, 6.07) is 12.1. The lowest BCUT2D eigenvalue weighted by atomic mass is 10.1. The largest absolute Gasteiger partial charge is 0.350 e. The van der Waals surface area contributed by atoms with E-state index in [9.17, 15) is 22.4 Å². The Hall–Kier alpha value is -2.94. The molecule has 0 spiro atoms. The van der Waals surface area contributed by atoms with Crippen LogP contribution in [-0.4, -0.2) is 49.5 Å². The highest BCUT2D eigenvalue weighted by molar-refractivity contribution is 7.92. The maximum Gasteiger partial charge on any atom is 0.242 e. The minimum atomic E-state index is -3.63. The molecule has 2 rings (SSSR count). The van der Waals surface area contributed by atoms with Crippen molar-refractivity contribution < 1.29 is 22.4 Å². The number of benzene rings is 2. The molecule has 0 unspecified atom stereocenters. The van der Waals surface area contributed by atoms with Crippen molar-refractivity contribution in [2.75, 3.05) is 17.1 Å². The zero-order chi connectivity index (χ0) is 26.4. The summed E-state index contributed by atoms with van der Waals surface area (Å²) in [7, 11) is -3.63. The maximum absolute atomic E-state index is 13.3. The van der Waals surface area contributed by atoms with Gasteiger partial charge in [0.25, 0.3) is 0 Å². The van der Waals surface area contributed by atoms with E-state index in [1.54, 1.807) is 6.92 Å². The van der Waals surface area contributed by atoms with Crippen LogP contribution in [0, 0.1) is 12.7 Å². The smallest absolute Gasteiger partial charge is 0.242 e. The lowest BCUT2D eigenvalue weighted by molar-refractivity contribution is -0.141. The molecule has 1 atom stereocenters. The summed E-state index contributed by atoms with van der Waals surface area (Å²) in [6.07, 6.45) is 1.36. The summed E-state index contributed by atoms with van der Waals surface area (Å²) in [5.74, 6) is -0.979. The second-order valence-corrected chi connectivity index (χ2v) is 11.7. The molecule has 2 aromatic carbocycles. The van der Waals surface area contributed by atoms with Gasteiger partial charge < -0.3 is 10.2 Å². The summed E-state index contributed by atoms with van der Waals surface area (Å²) in [5.41, 5.74) is 1.82. The first-order chi connectivity index (χ1) is 16.2. The van der Waals surface area contributed by atoms with Crippen molar-refractivity contribution >= 4 is 27.5 Å². The predicted molar refractivity (Wildman–Crippen MR) is 137 cm³/mol. The molecule has 7 nitrogen and oxygen atoms in total. The van der Waals surface area contributed by atoms with Gasteiger partial charge in [0.2, 0.25) is 21.8 Å². The summed E-state index contributed by atoms with van der Waals surface area (Å²) in [4.78, 5) is 27.7. The molecule has 0 saturated carbocycles. The van der Waals surface area contributed by atoms with Gasteiger partial charge in [0.15, 0.2) is 0 Å². The highest BCUT2D eigenvalue weighted by Gasteiger charge is 2.29. The van der Waals surface area contributed by atoms with Crippen molar-refractivity contribution in [2.45, 2.75) is 65.6 Å². The molecule has 192 valence electrons. The number of sulfonamides is 1. The fraction of sp³-hybridized carbons (Fsp3) is 0.462. The molecule has 0 radical (unpaired) electrons. The van der Waals surface area contributed by atoms with Crippen molar-refractivity contribution in [1.29, 1.82) is 0 Å². The summed E-state index contributed by atoms with van der Waals surface area (Å²) in [5, 5.41) is 2.92. The first kappa shape index (κ1) is 28.3. The molecular formula is C26H36FN3O4S. The molecule has 0 aliphatic carbocycles. The third-order valence-corrected chi connectivity index (χ3v) is 6.73. The highest BCUT2D eigenvalue weighted by atomic mass is 32.2. The average molecular weight is 506 g/mol. The van der Waals surface area contributed by atoms with Crippen molar-refractivity contribution in [1.82, 2.24) is 10.2 Å². The Morgan fingerprint density at radius 3 is 2.20 bits per heavy atom. The van der Waals surface area contributed by atoms with E-state index < -0.39 is 27.4 Å². The predicted octanol–water partition coefficient (Wildman–Crippen LogP) is 4.01. The number of hydrogen-bond donors (Lipinski definition) is 1. The number of hydrogen-bond acceptors (Lipinski definition) is 4. The molecule has 0 fully saturated rings. The first-order valence-corrected chi connectivity index (χ1v) is 13.4. The van der Waals surface area contributed by atoms with E-state index in [-0.39, 0.29) is 37.7 Å². The van der Waals surface area contributed by atoms with Gasteiger partial charge in [0.1, 0.15) is 11.9 Å². The molecule has 0 aliphatic rings. The van der Waals surface area contributed by atoms with E-state index in [0.717, 1.165) is 21.7 Å². The number of halogens is 1. The Bertz CT molecular complexity index is 1130. The average Bonchev–Trinajstić information content (AvgIpc) is 2.74. The number of carbonyl (C=O) groups is 2. The summed E-state index contributed by atoms with van der Waals surface area (Å²) < 4.78 is 39.1. The highest BCUT2D eigenvalue weighted by Crippen LogP contribution is 2.20. The third kappa shape index (κ3) is 8.65. The van der Waals surface area contributed by atoms with Crippen LogP contribution < -0.4 is 9.62 Å². The van der Waals surface area contributed by atoms with Gasteiger partial charge in [-0.1, -0.05) is 24.3 Å². The Kier molecular flexibility index (Phi) is 9.43. The summed E-state index contributed by atoms with van der Waals surface area (Å²) in [6.45, 7) is 9.58. The van der Waals surface area contributed by atoms with Crippen LogP contribution in [0.4, 0.5) is 10.1 Å². The van der Waals surface area contributed by atoms with Gasteiger partial charge >= 0.3 is 0 Å². The Morgan fingerprint density at radius 2 is 1.66 bits per heavy atom. The second-order valence-electron chi connectivity index (χ2n) is 9.78. The van der Waals surface area contributed by atoms with Crippen LogP contribution in [0.3, 0.4) is 0 Å². The van der Waals surface area contributed by atoms with Crippen molar-refractivity contribution in [3.8, 4) is 0 Å². The van der Waals surface area contributed by atoms with Gasteiger partial charge in [-0.25, -0.2) is 12.8 Å². The monoisotopic (exact) mass is 505 g/mol. The second kappa shape index (κ2) is 11.7. The van der Waals surface area contributed by atoms with Crippen molar-refractivity contribution in [2.24, 2.45) is 0 Å².